The molecule has 0 fully saturated rings. The van der Waals surface area contributed by atoms with Crippen molar-refractivity contribution in [3.05, 3.63) is 53.6 Å². The van der Waals surface area contributed by atoms with E-state index in [0.717, 1.165) is 24.3 Å². The van der Waals surface area contributed by atoms with Gasteiger partial charge in [0.15, 0.2) is 0 Å². The maximum absolute atomic E-state index is 12.4. The van der Waals surface area contributed by atoms with Gasteiger partial charge in [-0.3, -0.25) is 4.79 Å². The number of rotatable bonds is 7. The second-order valence-electron chi connectivity index (χ2n) is 5.04. The minimum Gasteiger partial charge on any atom is -0.497 e. The van der Waals surface area contributed by atoms with Gasteiger partial charge in [0.2, 0.25) is 0 Å². The second-order valence-corrected chi connectivity index (χ2v) is 5.04. The predicted octanol–water partition coefficient (Wildman–Crippen LogP) is 3.07. The topological polar surface area (TPSA) is 59.6 Å². The van der Waals surface area contributed by atoms with E-state index in [4.69, 9.17) is 9.47 Å². The Hall–Kier alpha value is -2.53. The standard InChI is InChI=1S/C18H22N2O3/c1-4-19-12-13-6-5-7-15(8-13)20-18(21)14-9-16(22-2)11-17(10-14)23-3/h5-11,19H,4,12H2,1-3H3,(H,20,21). The first kappa shape index (κ1) is 16.8. The summed E-state index contributed by atoms with van der Waals surface area (Å²) in [6.45, 7) is 3.73. The number of carbonyl (C=O) groups excluding carboxylic acids is 1. The molecule has 2 aromatic carbocycles. The van der Waals surface area contributed by atoms with E-state index in [2.05, 4.69) is 17.6 Å². The SMILES string of the molecule is CCNCc1cccc(NC(=O)c2cc(OC)cc(OC)c2)c1. The molecule has 0 radical (unpaired) electrons. The van der Waals surface area contributed by atoms with Crippen molar-refractivity contribution >= 4 is 11.6 Å². The fourth-order valence-electron chi connectivity index (χ4n) is 2.17. The van der Waals surface area contributed by atoms with Crippen LogP contribution in [0.25, 0.3) is 0 Å². The molecule has 0 unspecified atom stereocenters. The van der Waals surface area contributed by atoms with Crippen molar-refractivity contribution in [2.75, 3.05) is 26.1 Å². The molecule has 0 aromatic heterocycles. The van der Waals surface area contributed by atoms with Crippen LogP contribution in [0.4, 0.5) is 5.69 Å². The van der Waals surface area contributed by atoms with Crippen molar-refractivity contribution in [1.29, 1.82) is 0 Å². The highest BCUT2D eigenvalue weighted by molar-refractivity contribution is 6.04. The van der Waals surface area contributed by atoms with E-state index in [0.29, 0.717) is 17.1 Å². The zero-order valence-corrected chi connectivity index (χ0v) is 13.7. The molecule has 0 aliphatic rings. The van der Waals surface area contributed by atoms with Crippen LogP contribution in [0.3, 0.4) is 0 Å². The molecule has 0 heterocycles. The molecule has 2 N–H and O–H groups in total. The van der Waals surface area contributed by atoms with Gasteiger partial charge in [-0.15, -0.1) is 0 Å². The fourth-order valence-corrected chi connectivity index (χ4v) is 2.17. The molecule has 23 heavy (non-hydrogen) atoms. The smallest absolute Gasteiger partial charge is 0.255 e. The number of ether oxygens (including phenoxy) is 2. The maximum Gasteiger partial charge on any atom is 0.255 e. The Balaban J connectivity index is 2.15. The number of methoxy groups -OCH3 is 2. The molecule has 0 saturated carbocycles. The summed E-state index contributed by atoms with van der Waals surface area (Å²) in [5.74, 6) is 0.952. The molecule has 0 atom stereocenters. The van der Waals surface area contributed by atoms with Gasteiger partial charge in [0.1, 0.15) is 11.5 Å². The van der Waals surface area contributed by atoms with Crippen molar-refractivity contribution in [2.45, 2.75) is 13.5 Å². The summed E-state index contributed by atoms with van der Waals surface area (Å²) in [6, 6.07) is 12.9. The maximum atomic E-state index is 12.4. The van der Waals surface area contributed by atoms with E-state index in [1.54, 1.807) is 32.4 Å². The summed E-state index contributed by atoms with van der Waals surface area (Å²) in [4.78, 5) is 12.4. The van der Waals surface area contributed by atoms with Gasteiger partial charge in [0.25, 0.3) is 5.91 Å². The summed E-state index contributed by atoms with van der Waals surface area (Å²) >= 11 is 0. The van der Waals surface area contributed by atoms with Crippen LogP contribution >= 0.6 is 0 Å². The van der Waals surface area contributed by atoms with Gasteiger partial charge in [0.05, 0.1) is 14.2 Å². The number of hydrogen-bond donors (Lipinski definition) is 2. The Labute approximate surface area is 136 Å². The van der Waals surface area contributed by atoms with E-state index in [-0.39, 0.29) is 5.91 Å². The Morgan fingerprint density at radius 3 is 2.35 bits per heavy atom. The highest BCUT2D eigenvalue weighted by Gasteiger charge is 2.10. The minimum atomic E-state index is -0.206. The third-order valence-electron chi connectivity index (χ3n) is 3.38. The van der Waals surface area contributed by atoms with Gasteiger partial charge < -0.3 is 20.1 Å². The van der Waals surface area contributed by atoms with Crippen LogP contribution in [0, 0.1) is 0 Å². The lowest BCUT2D eigenvalue weighted by Crippen LogP contribution is -2.14. The lowest BCUT2D eigenvalue weighted by molar-refractivity contribution is 0.102. The average molecular weight is 314 g/mol. The van der Waals surface area contributed by atoms with Crippen LogP contribution in [-0.4, -0.2) is 26.7 Å². The van der Waals surface area contributed by atoms with Crippen molar-refractivity contribution in [1.82, 2.24) is 5.32 Å². The monoisotopic (exact) mass is 314 g/mol. The highest BCUT2D eigenvalue weighted by Crippen LogP contribution is 2.23. The largest absolute Gasteiger partial charge is 0.497 e. The first-order chi connectivity index (χ1) is 11.2. The Kier molecular flexibility index (Phi) is 6.00. The number of carbonyl (C=O) groups is 1. The minimum absolute atomic E-state index is 0.206. The molecular formula is C18H22N2O3. The van der Waals surface area contributed by atoms with Crippen molar-refractivity contribution in [2.24, 2.45) is 0 Å². The number of hydrogen-bond acceptors (Lipinski definition) is 4. The summed E-state index contributed by atoms with van der Waals surface area (Å²) in [7, 11) is 3.11. The molecule has 1 amide bonds. The van der Waals surface area contributed by atoms with Crippen LogP contribution in [0.2, 0.25) is 0 Å². The van der Waals surface area contributed by atoms with Crippen LogP contribution < -0.4 is 20.1 Å². The first-order valence-electron chi connectivity index (χ1n) is 7.50. The first-order valence-corrected chi connectivity index (χ1v) is 7.50. The Morgan fingerprint density at radius 1 is 1.04 bits per heavy atom. The zero-order chi connectivity index (χ0) is 16.7. The summed E-state index contributed by atoms with van der Waals surface area (Å²) in [5, 5.41) is 6.16. The molecule has 2 aromatic rings. The van der Waals surface area contributed by atoms with E-state index in [9.17, 15) is 4.79 Å². The summed E-state index contributed by atoms with van der Waals surface area (Å²) in [5.41, 5.74) is 2.36. The summed E-state index contributed by atoms with van der Waals surface area (Å²) < 4.78 is 10.4. The van der Waals surface area contributed by atoms with Crippen LogP contribution in [0.15, 0.2) is 42.5 Å². The average Bonchev–Trinajstić information content (AvgIpc) is 2.59. The van der Waals surface area contributed by atoms with Crippen LogP contribution in [0.1, 0.15) is 22.8 Å². The molecule has 0 spiro atoms. The summed E-state index contributed by atoms with van der Waals surface area (Å²) in [6.07, 6.45) is 0. The second kappa shape index (κ2) is 8.19. The van der Waals surface area contributed by atoms with Crippen LogP contribution in [0.5, 0.6) is 11.5 Å². The van der Waals surface area contributed by atoms with Crippen molar-refractivity contribution in [3.63, 3.8) is 0 Å². The molecule has 5 heteroatoms. The van der Waals surface area contributed by atoms with E-state index in [1.807, 2.05) is 24.3 Å². The number of anilines is 1. The molecule has 0 aliphatic carbocycles. The zero-order valence-electron chi connectivity index (χ0n) is 13.7. The molecule has 5 nitrogen and oxygen atoms in total. The molecular weight excluding hydrogens is 292 g/mol. The predicted molar refractivity (Wildman–Crippen MR) is 91.3 cm³/mol. The van der Waals surface area contributed by atoms with Gasteiger partial charge in [0, 0.05) is 23.9 Å². The van der Waals surface area contributed by atoms with Crippen molar-refractivity contribution in [3.8, 4) is 11.5 Å². The normalized spacial score (nSPS) is 10.2. The number of amides is 1. The molecule has 122 valence electrons. The van der Waals surface area contributed by atoms with E-state index in [1.165, 1.54) is 0 Å². The molecule has 0 saturated heterocycles. The fraction of sp³-hybridized carbons (Fsp3) is 0.278. The Morgan fingerprint density at radius 2 is 1.74 bits per heavy atom. The lowest BCUT2D eigenvalue weighted by Gasteiger charge is -2.10. The quantitative estimate of drug-likeness (QED) is 0.824. The molecule has 0 aliphatic heterocycles. The van der Waals surface area contributed by atoms with Gasteiger partial charge in [-0.2, -0.15) is 0 Å². The van der Waals surface area contributed by atoms with Gasteiger partial charge in [-0.1, -0.05) is 19.1 Å². The van der Waals surface area contributed by atoms with Gasteiger partial charge in [-0.25, -0.2) is 0 Å². The van der Waals surface area contributed by atoms with Crippen LogP contribution in [-0.2, 0) is 6.54 Å². The highest BCUT2D eigenvalue weighted by atomic mass is 16.5. The third-order valence-corrected chi connectivity index (χ3v) is 3.38. The van der Waals surface area contributed by atoms with Crippen molar-refractivity contribution < 1.29 is 14.3 Å². The lowest BCUT2D eigenvalue weighted by atomic mass is 10.1. The Bertz CT molecular complexity index is 649. The number of benzene rings is 2. The van der Waals surface area contributed by atoms with Gasteiger partial charge >= 0.3 is 0 Å². The van der Waals surface area contributed by atoms with E-state index >= 15 is 0 Å². The number of nitrogens with one attached hydrogen (secondary N) is 2. The van der Waals surface area contributed by atoms with Gasteiger partial charge in [-0.05, 0) is 36.4 Å². The van der Waals surface area contributed by atoms with E-state index < -0.39 is 0 Å². The third kappa shape index (κ3) is 4.72. The molecule has 2 rings (SSSR count). The molecule has 0 bridgehead atoms.